The monoisotopic (exact) mass is 433 g/mol. The highest BCUT2D eigenvalue weighted by Crippen LogP contribution is 2.32. The van der Waals surface area contributed by atoms with Crippen molar-refractivity contribution < 1.29 is 32.6 Å². The first-order chi connectivity index (χ1) is 14.3. The first-order valence-corrected chi connectivity index (χ1v) is 11.0. The number of aliphatic hydroxyl groups excluding tert-OH is 1. The standard InChI is InChI=1S/C21H23NO7S/c1-3-29-21(14-30(26,27)15-21)18(20(25)28-2)22-19(24)17-11-9-16(10-12-17)8-6-4-5-7-13-23/h9-12,18,23H,3,7,13-15H2,1-2H3,(H,22,24). The molecule has 2 rings (SSSR count). The Hall–Kier alpha value is -2.85. The first-order valence-electron chi connectivity index (χ1n) is 9.20. The zero-order valence-electron chi connectivity index (χ0n) is 16.7. The highest BCUT2D eigenvalue weighted by Gasteiger charge is 2.58. The fourth-order valence-electron chi connectivity index (χ4n) is 3.03. The van der Waals surface area contributed by atoms with Crippen LogP contribution >= 0.6 is 0 Å². The van der Waals surface area contributed by atoms with Gasteiger partial charge in [0.05, 0.1) is 25.2 Å². The van der Waals surface area contributed by atoms with Crippen molar-refractivity contribution in [2.75, 3.05) is 31.8 Å². The number of nitrogens with one attached hydrogen (secondary N) is 1. The normalized spacial score (nSPS) is 16.5. The number of carbonyl (C=O) groups is 2. The predicted molar refractivity (Wildman–Crippen MR) is 109 cm³/mol. The SMILES string of the molecule is CCOC1(C(NC(=O)c2ccc(C#CC#CCCO)cc2)C(=O)OC)CS(=O)(=O)C1. The molecule has 1 fully saturated rings. The number of hydrogen-bond acceptors (Lipinski definition) is 7. The number of rotatable bonds is 7. The molecule has 0 radical (unpaired) electrons. The van der Waals surface area contributed by atoms with Crippen LogP contribution in [0.5, 0.6) is 0 Å². The molecule has 1 saturated heterocycles. The Morgan fingerprint density at radius 3 is 2.43 bits per heavy atom. The molecule has 0 aliphatic carbocycles. The van der Waals surface area contributed by atoms with Crippen molar-refractivity contribution in [2.24, 2.45) is 0 Å². The van der Waals surface area contributed by atoms with Gasteiger partial charge in [0.1, 0.15) is 5.60 Å². The van der Waals surface area contributed by atoms with E-state index in [1.54, 1.807) is 19.1 Å². The Labute approximate surface area is 175 Å². The van der Waals surface area contributed by atoms with Gasteiger partial charge in [0.25, 0.3) is 5.91 Å². The molecule has 1 aromatic rings. The summed E-state index contributed by atoms with van der Waals surface area (Å²) in [5.41, 5.74) is -0.463. The lowest BCUT2D eigenvalue weighted by Gasteiger charge is -2.44. The highest BCUT2D eigenvalue weighted by molar-refractivity contribution is 7.93. The predicted octanol–water partition coefficient (Wildman–Crippen LogP) is -0.101. The number of hydrogen-bond donors (Lipinski definition) is 2. The summed E-state index contributed by atoms with van der Waals surface area (Å²) in [6.07, 6.45) is 0.347. The summed E-state index contributed by atoms with van der Waals surface area (Å²) in [6, 6.07) is 5.03. The van der Waals surface area contributed by atoms with Gasteiger partial charge in [-0.15, -0.1) is 0 Å². The van der Waals surface area contributed by atoms with Gasteiger partial charge in [-0.2, -0.15) is 0 Å². The molecular formula is C21H23NO7S. The number of aliphatic hydroxyl groups is 1. The first kappa shape index (κ1) is 23.4. The van der Waals surface area contributed by atoms with Gasteiger partial charge >= 0.3 is 5.97 Å². The molecule has 8 nitrogen and oxygen atoms in total. The maximum absolute atomic E-state index is 12.7. The fourth-order valence-corrected chi connectivity index (χ4v) is 4.94. The van der Waals surface area contributed by atoms with Gasteiger partial charge in [0.2, 0.25) is 0 Å². The summed E-state index contributed by atoms with van der Waals surface area (Å²) < 4.78 is 33.8. The van der Waals surface area contributed by atoms with E-state index in [-0.39, 0.29) is 30.3 Å². The average molecular weight is 433 g/mol. The third kappa shape index (κ3) is 5.83. The summed E-state index contributed by atoms with van der Waals surface area (Å²) >= 11 is 0. The van der Waals surface area contributed by atoms with E-state index in [4.69, 9.17) is 14.6 Å². The number of esters is 1. The van der Waals surface area contributed by atoms with E-state index in [0.717, 1.165) is 7.11 Å². The van der Waals surface area contributed by atoms with Gasteiger partial charge in [0.15, 0.2) is 15.9 Å². The smallest absolute Gasteiger partial charge is 0.331 e. The van der Waals surface area contributed by atoms with Crippen LogP contribution in [-0.4, -0.2) is 68.9 Å². The Balaban J connectivity index is 2.16. The topological polar surface area (TPSA) is 119 Å². The lowest BCUT2D eigenvalue weighted by Crippen LogP contribution is -2.70. The fraction of sp³-hybridized carbons (Fsp3) is 0.429. The zero-order chi connectivity index (χ0) is 22.2. The molecule has 1 aliphatic rings. The molecule has 1 atom stereocenters. The molecule has 1 aromatic carbocycles. The molecule has 0 saturated carbocycles. The number of carbonyl (C=O) groups excluding carboxylic acids is 2. The number of ether oxygens (including phenoxy) is 2. The van der Waals surface area contributed by atoms with Crippen LogP contribution in [0, 0.1) is 23.7 Å². The number of methoxy groups -OCH3 is 1. The van der Waals surface area contributed by atoms with E-state index >= 15 is 0 Å². The summed E-state index contributed by atoms with van der Waals surface area (Å²) in [5, 5.41) is 11.2. The summed E-state index contributed by atoms with van der Waals surface area (Å²) in [4.78, 5) is 25.0. The van der Waals surface area contributed by atoms with Crippen LogP contribution in [0.15, 0.2) is 24.3 Å². The molecule has 0 aromatic heterocycles. The Morgan fingerprint density at radius 2 is 1.90 bits per heavy atom. The molecule has 1 heterocycles. The summed E-state index contributed by atoms with van der Waals surface area (Å²) in [7, 11) is -2.19. The maximum Gasteiger partial charge on any atom is 0.331 e. The van der Waals surface area contributed by atoms with E-state index in [2.05, 4.69) is 29.0 Å². The second-order valence-electron chi connectivity index (χ2n) is 6.56. The van der Waals surface area contributed by atoms with Gasteiger partial charge in [-0.1, -0.05) is 11.8 Å². The van der Waals surface area contributed by atoms with Gasteiger partial charge in [-0.05, 0) is 43.0 Å². The van der Waals surface area contributed by atoms with Crippen LogP contribution in [0.1, 0.15) is 29.3 Å². The van der Waals surface area contributed by atoms with Crippen LogP contribution in [0.4, 0.5) is 0 Å². The lowest BCUT2D eigenvalue weighted by molar-refractivity contribution is -0.152. The van der Waals surface area contributed by atoms with Gasteiger partial charge in [-0.25, -0.2) is 13.2 Å². The van der Waals surface area contributed by atoms with Crippen LogP contribution in [-0.2, 0) is 24.1 Å². The van der Waals surface area contributed by atoms with Gasteiger partial charge in [-0.3, -0.25) is 4.79 Å². The lowest BCUT2D eigenvalue weighted by atomic mass is 9.96. The van der Waals surface area contributed by atoms with Crippen molar-refractivity contribution in [1.29, 1.82) is 0 Å². The number of sulfone groups is 1. The third-order valence-electron chi connectivity index (χ3n) is 4.34. The average Bonchev–Trinajstić information content (AvgIpc) is 2.70. The van der Waals surface area contributed by atoms with E-state index < -0.39 is 33.4 Å². The van der Waals surface area contributed by atoms with Gasteiger partial charge < -0.3 is 19.9 Å². The second kappa shape index (κ2) is 10.3. The minimum absolute atomic E-state index is 0.0262. The molecule has 0 spiro atoms. The molecule has 2 N–H and O–H groups in total. The molecule has 160 valence electrons. The zero-order valence-corrected chi connectivity index (χ0v) is 17.5. The molecule has 9 heteroatoms. The largest absolute Gasteiger partial charge is 0.467 e. The highest BCUT2D eigenvalue weighted by atomic mass is 32.2. The molecule has 1 amide bonds. The minimum Gasteiger partial charge on any atom is -0.467 e. The second-order valence-corrected chi connectivity index (χ2v) is 8.63. The Morgan fingerprint density at radius 1 is 1.23 bits per heavy atom. The van der Waals surface area contributed by atoms with E-state index in [9.17, 15) is 18.0 Å². The van der Waals surface area contributed by atoms with E-state index in [0.29, 0.717) is 12.0 Å². The van der Waals surface area contributed by atoms with Crippen LogP contribution in [0.2, 0.25) is 0 Å². The maximum atomic E-state index is 12.7. The Bertz CT molecular complexity index is 995. The molecule has 30 heavy (non-hydrogen) atoms. The van der Waals surface area contributed by atoms with Crippen molar-refractivity contribution in [1.82, 2.24) is 5.32 Å². The van der Waals surface area contributed by atoms with Crippen LogP contribution in [0.3, 0.4) is 0 Å². The third-order valence-corrected chi connectivity index (χ3v) is 6.20. The molecule has 1 unspecified atom stereocenters. The van der Waals surface area contributed by atoms with Crippen molar-refractivity contribution in [3.05, 3.63) is 35.4 Å². The van der Waals surface area contributed by atoms with Crippen molar-refractivity contribution >= 4 is 21.7 Å². The van der Waals surface area contributed by atoms with Crippen LogP contribution in [0.25, 0.3) is 0 Å². The van der Waals surface area contributed by atoms with Crippen molar-refractivity contribution in [2.45, 2.75) is 25.0 Å². The minimum atomic E-state index is -3.34. The molecule has 0 bridgehead atoms. The van der Waals surface area contributed by atoms with Crippen molar-refractivity contribution in [3.8, 4) is 23.7 Å². The van der Waals surface area contributed by atoms with E-state index in [1.165, 1.54) is 12.1 Å². The van der Waals surface area contributed by atoms with Crippen molar-refractivity contribution in [3.63, 3.8) is 0 Å². The summed E-state index contributed by atoms with van der Waals surface area (Å²) in [5.74, 6) is 8.62. The number of benzene rings is 1. The van der Waals surface area contributed by atoms with Crippen LogP contribution < -0.4 is 5.32 Å². The quantitative estimate of drug-likeness (QED) is 0.455. The van der Waals surface area contributed by atoms with Gasteiger partial charge in [0, 0.05) is 24.2 Å². The number of amides is 1. The molecule has 1 aliphatic heterocycles. The molecular weight excluding hydrogens is 410 g/mol. The summed E-state index contributed by atoms with van der Waals surface area (Å²) in [6.45, 7) is 1.83. The Kier molecular flexibility index (Phi) is 8.01. The van der Waals surface area contributed by atoms with E-state index in [1.807, 2.05) is 0 Å².